The molecule has 0 aliphatic carbocycles. The zero-order chi connectivity index (χ0) is 24.2. The number of halogens is 5. The Kier molecular flexibility index (Phi) is 8.35. The molecule has 0 radical (unpaired) electrons. The maximum absolute atomic E-state index is 13.2. The molecule has 0 aromatic heterocycles. The molecule has 2 aromatic rings. The summed E-state index contributed by atoms with van der Waals surface area (Å²) in [5.74, 6) is -1.02. The van der Waals surface area contributed by atoms with Gasteiger partial charge in [0.15, 0.2) is 0 Å². The first kappa shape index (κ1) is 26.1. The van der Waals surface area contributed by atoms with Crippen molar-refractivity contribution < 1.29 is 30.7 Å². The predicted octanol–water partition coefficient (Wildman–Crippen LogP) is 5.73. The molecule has 5 nitrogen and oxygen atoms in total. The van der Waals surface area contributed by atoms with Crippen LogP contribution in [0.4, 0.5) is 23.2 Å². The number of allylic oxidation sites excluding steroid dienone is 1. The van der Waals surface area contributed by atoms with E-state index in [2.05, 4.69) is 32.5 Å². The van der Waals surface area contributed by atoms with E-state index in [9.17, 15) is 26.0 Å². The lowest BCUT2D eigenvalue weighted by Gasteiger charge is -2.31. The van der Waals surface area contributed by atoms with Gasteiger partial charge in [0.25, 0.3) is 0 Å². The van der Waals surface area contributed by atoms with E-state index >= 15 is 0 Å². The van der Waals surface area contributed by atoms with Crippen molar-refractivity contribution in [3.63, 3.8) is 0 Å². The number of sulfonamides is 1. The molecular formula is C21H23BrF4N2O3S. The average Bonchev–Trinajstić information content (AvgIpc) is 2.70. The molecule has 176 valence electrons. The van der Waals surface area contributed by atoms with E-state index in [1.807, 2.05) is 0 Å². The molecule has 0 fully saturated rings. The fourth-order valence-corrected chi connectivity index (χ4v) is 5.46. The number of anilines is 1. The van der Waals surface area contributed by atoms with Crippen LogP contribution in [-0.2, 0) is 16.2 Å². The quantitative estimate of drug-likeness (QED) is 0.299. The highest BCUT2D eigenvalue weighted by Crippen LogP contribution is 2.40. The molecule has 0 saturated carbocycles. The van der Waals surface area contributed by atoms with Gasteiger partial charge in [-0.15, -0.1) is 6.58 Å². The van der Waals surface area contributed by atoms with Gasteiger partial charge < -0.3 is 10.1 Å². The lowest BCUT2D eigenvalue weighted by Crippen LogP contribution is -2.50. The zero-order valence-corrected chi connectivity index (χ0v) is 19.8. The van der Waals surface area contributed by atoms with Crippen LogP contribution >= 0.6 is 15.9 Å². The van der Waals surface area contributed by atoms with Crippen molar-refractivity contribution in [2.24, 2.45) is 0 Å². The first-order valence-electron chi connectivity index (χ1n) is 9.40. The summed E-state index contributed by atoms with van der Waals surface area (Å²) in [5, 5.41) is 3.05. The van der Waals surface area contributed by atoms with E-state index < -0.39 is 43.8 Å². The smallest absolute Gasteiger partial charge is 0.420 e. The number of rotatable bonds is 10. The van der Waals surface area contributed by atoms with Crippen molar-refractivity contribution in [2.75, 3.05) is 19.0 Å². The van der Waals surface area contributed by atoms with Crippen LogP contribution in [0, 0.1) is 5.82 Å². The van der Waals surface area contributed by atoms with E-state index in [1.54, 1.807) is 13.0 Å². The molecule has 11 heteroatoms. The number of benzene rings is 2. The van der Waals surface area contributed by atoms with Crippen molar-refractivity contribution in [2.45, 2.75) is 36.4 Å². The van der Waals surface area contributed by atoms with E-state index in [4.69, 9.17) is 4.74 Å². The number of methoxy groups -OCH3 is 1. The minimum Gasteiger partial charge on any atom is -0.496 e. The summed E-state index contributed by atoms with van der Waals surface area (Å²) in [6.07, 6.45) is -2.27. The van der Waals surface area contributed by atoms with Crippen LogP contribution < -0.4 is 14.8 Å². The monoisotopic (exact) mass is 538 g/mol. The van der Waals surface area contributed by atoms with Crippen LogP contribution in [0.5, 0.6) is 5.75 Å². The molecule has 0 amide bonds. The summed E-state index contributed by atoms with van der Waals surface area (Å²) in [6.45, 7) is 5.42. The average molecular weight is 539 g/mol. The van der Waals surface area contributed by atoms with Gasteiger partial charge in [-0.05, 0) is 66.0 Å². The summed E-state index contributed by atoms with van der Waals surface area (Å²) in [4.78, 5) is -0.394. The topological polar surface area (TPSA) is 67.4 Å². The van der Waals surface area contributed by atoms with Crippen LogP contribution in [0.1, 0.15) is 25.3 Å². The van der Waals surface area contributed by atoms with Crippen molar-refractivity contribution in [1.29, 1.82) is 0 Å². The summed E-state index contributed by atoms with van der Waals surface area (Å²) in [6, 6.07) is 7.05. The summed E-state index contributed by atoms with van der Waals surface area (Å²) < 4.78 is 86.2. The minimum absolute atomic E-state index is 0.126. The van der Waals surface area contributed by atoms with Gasteiger partial charge in [-0.25, -0.2) is 17.5 Å². The normalized spacial score (nSPS) is 14.0. The van der Waals surface area contributed by atoms with E-state index in [0.29, 0.717) is 24.6 Å². The lowest BCUT2D eigenvalue weighted by molar-refractivity contribution is -0.138. The third kappa shape index (κ3) is 6.69. The number of hydrogen-bond donors (Lipinski definition) is 2. The van der Waals surface area contributed by atoms with Gasteiger partial charge in [0.1, 0.15) is 11.6 Å². The van der Waals surface area contributed by atoms with Crippen LogP contribution in [0.3, 0.4) is 0 Å². The SMILES string of the molecule is C=CCCC(C)(CNc1ccc(F)cc1)NS(=O)(=O)c1cc(OC)c(C(F)(F)F)cc1Br. The molecular weight excluding hydrogens is 516 g/mol. The standard InChI is InChI=1S/C21H23BrF4N2O3S/c1-4-5-10-20(2,13-27-15-8-6-14(23)7-9-15)28-32(29,30)19-12-18(31-3)16(11-17(19)22)21(24,25)26/h4,6-9,11-12,27-28H,1,5,10,13H2,2-3H3. The molecule has 0 heterocycles. The Morgan fingerprint density at radius 1 is 1.19 bits per heavy atom. The first-order chi connectivity index (χ1) is 14.8. The van der Waals surface area contributed by atoms with Crippen molar-refractivity contribution in [1.82, 2.24) is 4.72 Å². The largest absolute Gasteiger partial charge is 0.496 e. The molecule has 1 unspecified atom stereocenters. The third-order valence-corrected chi connectivity index (χ3v) is 7.25. The maximum atomic E-state index is 13.2. The van der Waals surface area contributed by atoms with Crippen molar-refractivity contribution in [3.8, 4) is 5.75 Å². The fourth-order valence-electron chi connectivity index (χ4n) is 2.97. The second-order valence-electron chi connectivity index (χ2n) is 7.33. The molecule has 2 aromatic carbocycles. The molecule has 0 spiro atoms. The van der Waals surface area contributed by atoms with Gasteiger partial charge in [0.2, 0.25) is 10.0 Å². The van der Waals surface area contributed by atoms with Gasteiger partial charge in [-0.2, -0.15) is 13.2 Å². The van der Waals surface area contributed by atoms with Crippen LogP contribution in [0.15, 0.2) is 58.4 Å². The Labute approximate surface area is 193 Å². The Balaban J connectivity index is 2.37. The third-order valence-electron chi connectivity index (χ3n) is 4.66. The van der Waals surface area contributed by atoms with Gasteiger partial charge in [-0.3, -0.25) is 0 Å². The highest BCUT2D eigenvalue weighted by Gasteiger charge is 2.37. The van der Waals surface area contributed by atoms with Gasteiger partial charge in [0.05, 0.1) is 17.6 Å². The zero-order valence-electron chi connectivity index (χ0n) is 17.4. The number of alkyl halides is 3. The van der Waals surface area contributed by atoms with E-state index in [-0.39, 0.29) is 11.0 Å². The highest BCUT2D eigenvalue weighted by atomic mass is 79.9. The van der Waals surface area contributed by atoms with Crippen molar-refractivity contribution >= 4 is 31.6 Å². The molecule has 32 heavy (non-hydrogen) atoms. The molecule has 0 saturated heterocycles. The van der Waals surface area contributed by atoms with Crippen molar-refractivity contribution in [3.05, 3.63) is 64.9 Å². The summed E-state index contributed by atoms with van der Waals surface area (Å²) in [7, 11) is -3.23. The van der Waals surface area contributed by atoms with Crippen LogP contribution in [-0.4, -0.2) is 27.6 Å². The second kappa shape index (κ2) is 10.2. The molecule has 1 atom stereocenters. The van der Waals surface area contributed by atoms with Gasteiger partial charge >= 0.3 is 6.18 Å². The summed E-state index contributed by atoms with van der Waals surface area (Å²) >= 11 is 2.94. The molecule has 0 bridgehead atoms. The Hall–Kier alpha value is -2.11. The van der Waals surface area contributed by atoms with Gasteiger partial charge in [0, 0.05) is 28.3 Å². The Morgan fingerprint density at radius 2 is 1.81 bits per heavy atom. The Morgan fingerprint density at radius 3 is 2.34 bits per heavy atom. The minimum atomic E-state index is -4.72. The number of hydrogen-bond acceptors (Lipinski definition) is 4. The second-order valence-corrected chi connectivity index (χ2v) is 9.84. The Bertz CT molecular complexity index is 1060. The predicted molar refractivity (Wildman–Crippen MR) is 119 cm³/mol. The molecule has 0 aliphatic rings. The molecule has 2 N–H and O–H groups in total. The van der Waals surface area contributed by atoms with E-state index in [0.717, 1.165) is 13.2 Å². The van der Waals surface area contributed by atoms with Crippen LogP contribution in [0.25, 0.3) is 0 Å². The number of nitrogens with one attached hydrogen (secondary N) is 2. The van der Waals surface area contributed by atoms with Gasteiger partial charge in [-0.1, -0.05) is 6.08 Å². The lowest BCUT2D eigenvalue weighted by atomic mass is 9.97. The van der Waals surface area contributed by atoms with E-state index in [1.165, 1.54) is 24.3 Å². The fraction of sp³-hybridized carbons (Fsp3) is 0.333. The molecule has 0 aliphatic heterocycles. The van der Waals surface area contributed by atoms with Crippen LogP contribution in [0.2, 0.25) is 0 Å². The summed E-state index contributed by atoms with van der Waals surface area (Å²) in [5.41, 5.74) is -1.57. The first-order valence-corrected chi connectivity index (χ1v) is 11.7. The highest BCUT2D eigenvalue weighted by molar-refractivity contribution is 9.10. The number of ether oxygens (including phenoxy) is 1. The maximum Gasteiger partial charge on any atom is 0.420 e. The molecule has 2 rings (SSSR count).